The third-order valence-electron chi connectivity index (χ3n) is 21.2. The Kier molecular flexibility index (Phi) is 24.6. The molecule has 10 aromatic rings. The van der Waals surface area contributed by atoms with Gasteiger partial charge in [0.15, 0.2) is 0 Å². The fraction of sp³-hybridized carbons (Fsp3) is 0.391. The lowest BCUT2D eigenvalue weighted by Crippen LogP contribution is -2.13. The van der Waals surface area contributed by atoms with Crippen LogP contribution in [0.5, 0.6) is 23.0 Å². The Labute approximate surface area is 576 Å². The van der Waals surface area contributed by atoms with Crippen molar-refractivity contribution in [3.8, 4) is 78.6 Å². The number of hydrogen-bond acceptors (Lipinski definition) is 4. The van der Waals surface area contributed by atoms with Gasteiger partial charge in [-0.25, -0.2) is 0 Å². The molecule has 498 valence electrons. The van der Waals surface area contributed by atoms with Crippen molar-refractivity contribution in [1.29, 1.82) is 0 Å². The third-order valence-corrected chi connectivity index (χ3v) is 21.2. The molecule has 0 bridgehead atoms. The van der Waals surface area contributed by atoms with Crippen molar-refractivity contribution in [3.63, 3.8) is 0 Å². The summed E-state index contributed by atoms with van der Waals surface area (Å²) in [4.78, 5) is 0. The highest BCUT2D eigenvalue weighted by Gasteiger charge is 2.28. The highest BCUT2D eigenvalue weighted by atomic mass is 16.5. The Morgan fingerprint density at radius 2 is 0.625 bits per heavy atom. The molecule has 0 aromatic heterocycles. The summed E-state index contributed by atoms with van der Waals surface area (Å²) in [6, 6.07) is 77.3. The van der Waals surface area contributed by atoms with E-state index in [2.05, 4.69) is 234 Å². The van der Waals surface area contributed by atoms with E-state index in [1.165, 1.54) is 154 Å². The monoisotopic (exact) mass is 1270 g/mol. The molecule has 96 heavy (non-hydrogen) atoms. The Balaban J connectivity index is 0.821. The smallest absolute Gasteiger partial charge is 0.135 e. The molecule has 2 aliphatic carbocycles. The molecule has 0 spiro atoms. The molecule has 0 atom stereocenters. The predicted octanol–water partition coefficient (Wildman–Crippen LogP) is 26.4. The molecular formula is C92H106O4. The molecule has 0 N–H and O–H groups in total. The summed E-state index contributed by atoms with van der Waals surface area (Å²) in [5.41, 5.74) is 17.5. The second kappa shape index (κ2) is 34.7. The molecule has 12 rings (SSSR count). The number of rotatable bonds is 33. The zero-order chi connectivity index (χ0) is 65.7. The van der Waals surface area contributed by atoms with Gasteiger partial charge in [-0.2, -0.15) is 0 Å². The van der Waals surface area contributed by atoms with E-state index in [1.54, 1.807) is 0 Å². The standard InChI is InChI=1S/C92H106O4/c1-5-21-67-29-37-71(38-30-67)75-45-49-79(50-46-75)87-65-81-25-13-15-27-85(81)89(91(87)95-63-19-11-9-17-61-93-83-57-53-77(54-58-83)73-41-33-69(23-7-3)34-42-73)90-86-28-16-14-26-82(86)66-88(80-51-47-76(48-52-80)72-39-31-68(22-6-2)32-40-72)92(90)96-64-20-12-10-18-62-94-84-59-55-78(56-60-84)74-43-35-70(24-8-4)36-44-74/h13-16,25-28,33-36,41-60,65-68,71-72H,5-12,17-24,29-32,37-40,61-64H2,1-4H3. The summed E-state index contributed by atoms with van der Waals surface area (Å²) in [6.45, 7) is 11.7. The van der Waals surface area contributed by atoms with Gasteiger partial charge in [0.2, 0.25) is 0 Å². The first kappa shape index (κ1) is 67.9. The Hall–Kier alpha value is -8.08. The quantitative estimate of drug-likeness (QED) is 0.0384. The van der Waals surface area contributed by atoms with Crippen LogP contribution < -0.4 is 18.9 Å². The van der Waals surface area contributed by atoms with Gasteiger partial charge in [0, 0.05) is 22.3 Å². The predicted molar refractivity (Wildman–Crippen MR) is 408 cm³/mol. The Morgan fingerprint density at radius 1 is 0.302 bits per heavy atom. The van der Waals surface area contributed by atoms with E-state index >= 15 is 0 Å². The minimum atomic E-state index is 0.595. The highest BCUT2D eigenvalue weighted by Crippen LogP contribution is 2.53. The summed E-state index contributed by atoms with van der Waals surface area (Å²) < 4.78 is 27.7. The Bertz CT molecular complexity index is 3710. The highest BCUT2D eigenvalue weighted by molar-refractivity contribution is 6.14. The van der Waals surface area contributed by atoms with E-state index in [0.29, 0.717) is 38.3 Å². The van der Waals surface area contributed by atoms with E-state index in [-0.39, 0.29) is 0 Å². The van der Waals surface area contributed by atoms with Gasteiger partial charge >= 0.3 is 0 Å². The molecule has 4 heteroatoms. The molecule has 0 amide bonds. The molecule has 2 aliphatic rings. The normalized spacial score (nSPS) is 16.4. The number of unbranched alkanes of at least 4 members (excludes halogenated alkanes) is 6. The fourth-order valence-corrected chi connectivity index (χ4v) is 15.8. The minimum absolute atomic E-state index is 0.595. The van der Waals surface area contributed by atoms with E-state index in [0.717, 1.165) is 134 Å². The van der Waals surface area contributed by atoms with Gasteiger partial charge in [0.05, 0.1) is 26.4 Å². The van der Waals surface area contributed by atoms with Crippen LogP contribution in [-0.4, -0.2) is 26.4 Å². The largest absolute Gasteiger partial charge is 0.494 e. The van der Waals surface area contributed by atoms with Gasteiger partial charge in [-0.1, -0.05) is 236 Å². The number of fused-ring (bicyclic) bond motifs is 2. The van der Waals surface area contributed by atoms with Crippen LogP contribution in [0.15, 0.2) is 206 Å². The van der Waals surface area contributed by atoms with Gasteiger partial charge in [-0.05, 0) is 253 Å². The van der Waals surface area contributed by atoms with Crippen molar-refractivity contribution in [3.05, 3.63) is 229 Å². The summed E-state index contributed by atoms with van der Waals surface area (Å²) in [5, 5.41) is 4.72. The van der Waals surface area contributed by atoms with E-state index in [9.17, 15) is 0 Å². The first-order valence-electron chi connectivity index (χ1n) is 37.7. The van der Waals surface area contributed by atoms with Crippen LogP contribution in [0.2, 0.25) is 0 Å². The molecular weight excluding hydrogens is 1170 g/mol. The maximum absolute atomic E-state index is 7.51. The topological polar surface area (TPSA) is 36.9 Å². The number of ether oxygens (including phenoxy) is 4. The maximum atomic E-state index is 7.51. The van der Waals surface area contributed by atoms with Crippen LogP contribution in [0.1, 0.15) is 203 Å². The summed E-state index contributed by atoms with van der Waals surface area (Å²) in [6.07, 6.45) is 28.3. The lowest BCUT2D eigenvalue weighted by atomic mass is 9.77. The van der Waals surface area contributed by atoms with Crippen molar-refractivity contribution < 1.29 is 18.9 Å². The zero-order valence-electron chi connectivity index (χ0n) is 58.4. The number of hydrogen-bond donors (Lipinski definition) is 0. The molecule has 2 fully saturated rings. The number of aryl methyl sites for hydroxylation is 2. The molecule has 2 saturated carbocycles. The third kappa shape index (κ3) is 17.5. The van der Waals surface area contributed by atoms with Gasteiger partial charge in [-0.15, -0.1) is 0 Å². The molecule has 10 aromatic carbocycles. The summed E-state index contributed by atoms with van der Waals surface area (Å²) >= 11 is 0. The van der Waals surface area contributed by atoms with Crippen LogP contribution in [-0.2, 0) is 12.8 Å². The molecule has 0 saturated heterocycles. The molecule has 0 heterocycles. The van der Waals surface area contributed by atoms with Gasteiger partial charge in [0.25, 0.3) is 0 Å². The van der Waals surface area contributed by atoms with Gasteiger partial charge < -0.3 is 18.9 Å². The lowest BCUT2D eigenvalue weighted by molar-refractivity contribution is 0.287. The first-order valence-corrected chi connectivity index (χ1v) is 37.7. The second-order valence-corrected chi connectivity index (χ2v) is 28.1. The van der Waals surface area contributed by atoms with E-state index in [4.69, 9.17) is 18.9 Å². The van der Waals surface area contributed by atoms with Crippen molar-refractivity contribution >= 4 is 21.5 Å². The van der Waals surface area contributed by atoms with E-state index in [1.807, 2.05) is 0 Å². The molecule has 0 radical (unpaired) electrons. The van der Waals surface area contributed by atoms with Crippen LogP contribution in [0.25, 0.3) is 77.2 Å². The first-order chi connectivity index (χ1) is 47.4. The van der Waals surface area contributed by atoms with Crippen molar-refractivity contribution in [1.82, 2.24) is 0 Å². The van der Waals surface area contributed by atoms with Crippen molar-refractivity contribution in [2.75, 3.05) is 26.4 Å². The van der Waals surface area contributed by atoms with Gasteiger partial charge in [0.1, 0.15) is 23.0 Å². The molecule has 0 unspecified atom stereocenters. The summed E-state index contributed by atoms with van der Waals surface area (Å²) in [7, 11) is 0. The maximum Gasteiger partial charge on any atom is 0.135 e. The van der Waals surface area contributed by atoms with Crippen LogP contribution in [0.4, 0.5) is 0 Å². The zero-order valence-corrected chi connectivity index (χ0v) is 58.4. The lowest BCUT2D eigenvalue weighted by Gasteiger charge is -2.29. The molecule has 4 nitrogen and oxygen atoms in total. The average Bonchev–Trinajstić information content (AvgIpc) is 0.732. The van der Waals surface area contributed by atoms with Gasteiger partial charge in [-0.3, -0.25) is 0 Å². The SMILES string of the molecule is CCCc1ccc(-c2ccc(OCCCCCCOc3c(-c4ccc(C5CCC(CCC)CC5)cc4)cc4ccccc4c3-c3c(OCCCCCCOc4ccc(-c5ccc(CCC)cc5)cc4)c(-c4ccc(C5CCC(CCC)CC5)cc4)cc4ccccc34)cc2)cc1. The average molecular weight is 1280 g/mol. The van der Waals surface area contributed by atoms with Crippen LogP contribution in [0.3, 0.4) is 0 Å². The second-order valence-electron chi connectivity index (χ2n) is 28.1. The minimum Gasteiger partial charge on any atom is -0.494 e. The van der Waals surface area contributed by atoms with Crippen LogP contribution >= 0.6 is 0 Å². The number of benzene rings is 10. The molecule has 0 aliphatic heterocycles. The van der Waals surface area contributed by atoms with Crippen molar-refractivity contribution in [2.45, 2.75) is 194 Å². The van der Waals surface area contributed by atoms with Crippen molar-refractivity contribution in [2.24, 2.45) is 11.8 Å². The summed E-state index contributed by atoms with van der Waals surface area (Å²) in [5.74, 6) is 6.69. The fourth-order valence-electron chi connectivity index (χ4n) is 15.8. The van der Waals surface area contributed by atoms with Crippen LogP contribution in [0, 0.1) is 11.8 Å². The van der Waals surface area contributed by atoms with E-state index < -0.39 is 0 Å². The Morgan fingerprint density at radius 3 is 0.969 bits per heavy atom.